The van der Waals surface area contributed by atoms with E-state index in [0.717, 1.165) is 51.4 Å². The fraction of sp³-hybridized carbons (Fsp3) is 0.814. The molecule has 0 rings (SSSR count). The predicted molar refractivity (Wildman–Crippen MR) is 279 cm³/mol. The molecule has 0 aliphatic rings. The predicted octanol–water partition coefficient (Wildman–Crippen LogP) is 18.7. The molecule has 0 bridgehead atoms. The Balaban J connectivity index is 4.39. The molecular weight excluding hydrogens is 805 g/mol. The Morgan fingerprint density at radius 3 is 0.969 bits per heavy atom. The van der Waals surface area contributed by atoms with Crippen molar-refractivity contribution < 1.29 is 28.6 Å². The molecule has 0 fully saturated rings. The van der Waals surface area contributed by atoms with Crippen molar-refractivity contribution in [2.45, 2.75) is 297 Å². The van der Waals surface area contributed by atoms with E-state index in [-0.39, 0.29) is 37.5 Å². The fourth-order valence-electron chi connectivity index (χ4n) is 8.01. The van der Waals surface area contributed by atoms with Crippen LogP contribution in [0.25, 0.3) is 0 Å². The van der Waals surface area contributed by atoms with Crippen LogP contribution in [-0.4, -0.2) is 37.2 Å². The zero-order valence-corrected chi connectivity index (χ0v) is 43.3. The lowest BCUT2D eigenvalue weighted by molar-refractivity contribution is -0.166. The summed E-state index contributed by atoms with van der Waals surface area (Å²) < 4.78 is 16.8. The normalized spacial score (nSPS) is 12.4. The summed E-state index contributed by atoms with van der Waals surface area (Å²) in [6, 6.07) is 0. The summed E-state index contributed by atoms with van der Waals surface area (Å²) in [7, 11) is 0. The number of hydrogen-bond donors (Lipinski definition) is 0. The van der Waals surface area contributed by atoms with E-state index in [1.807, 2.05) is 6.08 Å². The second-order valence-electron chi connectivity index (χ2n) is 18.8. The van der Waals surface area contributed by atoms with E-state index >= 15 is 0 Å². The summed E-state index contributed by atoms with van der Waals surface area (Å²) in [5.74, 6) is -0.962. The van der Waals surface area contributed by atoms with Crippen LogP contribution in [0, 0.1) is 0 Å². The minimum atomic E-state index is -0.798. The molecule has 0 N–H and O–H groups in total. The van der Waals surface area contributed by atoms with Crippen LogP contribution in [0.2, 0.25) is 0 Å². The zero-order chi connectivity index (χ0) is 47.2. The van der Waals surface area contributed by atoms with Crippen molar-refractivity contribution in [2.24, 2.45) is 0 Å². The molecule has 0 aromatic heterocycles. The van der Waals surface area contributed by atoms with Crippen molar-refractivity contribution in [1.82, 2.24) is 0 Å². The maximum atomic E-state index is 12.8. The quantitative estimate of drug-likeness (QED) is 0.0262. The van der Waals surface area contributed by atoms with E-state index in [9.17, 15) is 14.4 Å². The first-order chi connectivity index (χ1) is 32.0. The lowest BCUT2D eigenvalue weighted by atomic mass is 10.1. The van der Waals surface area contributed by atoms with Crippen LogP contribution in [-0.2, 0) is 28.6 Å². The number of ether oxygens (including phenoxy) is 3. The van der Waals surface area contributed by atoms with Gasteiger partial charge in [-0.05, 0) is 89.9 Å². The van der Waals surface area contributed by atoms with Crippen molar-refractivity contribution in [2.75, 3.05) is 13.2 Å². The van der Waals surface area contributed by atoms with Crippen LogP contribution in [0.1, 0.15) is 290 Å². The standard InChI is InChI=1S/C59H106O6/c1-4-7-10-13-16-19-22-25-27-28-29-30-32-34-37-40-43-46-49-52-58(61)64-55-56(54-63-57(60)51-48-45-42-39-36-33-24-21-18-15-12-9-6-3)65-59(62)53-50-47-44-41-38-35-31-26-23-20-17-14-11-8-5-2/h20,23,28-29,33,36,42,45,56H,4-19,21-22,24-27,30-32,34-35,37-41,43-44,46-55H2,1-3H3/b23-20+,29-28+,36-33+,45-42+. The minimum absolute atomic E-state index is 0.0928. The molecule has 6 heteroatoms. The number of esters is 3. The zero-order valence-electron chi connectivity index (χ0n) is 43.3. The molecule has 6 nitrogen and oxygen atoms in total. The second kappa shape index (κ2) is 54.0. The number of carbonyl (C=O) groups is 3. The summed E-state index contributed by atoms with van der Waals surface area (Å²) in [6.07, 6.45) is 65.4. The molecule has 1 atom stereocenters. The third-order valence-corrected chi connectivity index (χ3v) is 12.3. The lowest BCUT2D eigenvalue weighted by Gasteiger charge is -2.18. The number of rotatable bonds is 51. The largest absolute Gasteiger partial charge is 0.462 e. The Bertz CT molecular complexity index is 1140. The number of hydrogen-bond acceptors (Lipinski definition) is 6. The highest BCUT2D eigenvalue weighted by molar-refractivity contribution is 5.71. The van der Waals surface area contributed by atoms with Crippen LogP contribution in [0.4, 0.5) is 0 Å². The van der Waals surface area contributed by atoms with Crippen LogP contribution in [0.15, 0.2) is 48.6 Å². The maximum absolute atomic E-state index is 12.8. The summed E-state index contributed by atoms with van der Waals surface area (Å²) in [4.78, 5) is 38.0. The first kappa shape index (κ1) is 62.4. The average Bonchev–Trinajstić information content (AvgIpc) is 3.30. The van der Waals surface area contributed by atoms with E-state index in [1.165, 1.54) is 193 Å². The molecule has 0 heterocycles. The SMILES string of the molecule is CCCCCC/C=C/CCCCCCCCCC(=O)OC(COC(=O)CC/C=C/C/C=C/CCCCCCCC)COC(=O)CCCCCCCCC/C=C/CCCCCCCCCC. The van der Waals surface area contributed by atoms with E-state index in [2.05, 4.69) is 63.3 Å². The van der Waals surface area contributed by atoms with E-state index in [0.29, 0.717) is 19.3 Å². The van der Waals surface area contributed by atoms with Gasteiger partial charge in [-0.15, -0.1) is 0 Å². The van der Waals surface area contributed by atoms with Gasteiger partial charge in [0.05, 0.1) is 0 Å². The average molecular weight is 911 g/mol. The molecule has 0 radical (unpaired) electrons. The van der Waals surface area contributed by atoms with Crippen molar-refractivity contribution in [1.29, 1.82) is 0 Å². The topological polar surface area (TPSA) is 78.9 Å². The summed E-state index contributed by atoms with van der Waals surface area (Å²) in [5.41, 5.74) is 0. The maximum Gasteiger partial charge on any atom is 0.306 e. The summed E-state index contributed by atoms with van der Waals surface area (Å²) in [6.45, 7) is 6.58. The van der Waals surface area contributed by atoms with Crippen molar-refractivity contribution in [3.05, 3.63) is 48.6 Å². The molecule has 0 aromatic carbocycles. The Morgan fingerprint density at radius 2 is 0.585 bits per heavy atom. The van der Waals surface area contributed by atoms with Gasteiger partial charge in [-0.3, -0.25) is 14.4 Å². The van der Waals surface area contributed by atoms with Gasteiger partial charge in [0.15, 0.2) is 6.10 Å². The Morgan fingerprint density at radius 1 is 0.308 bits per heavy atom. The van der Waals surface area contributed by atoms with Gasteiger partial charge in [-0.2, -0.15) is 0 Å². The second-order valence-corrected chi connectivity index (χ2v) is 18.8. The van der Waals surface area contributed by atoms with E-state index < -0.39 is 6.10 Å². The highest BCUT2D eigenvalue weighted by Gasteiger charge is 2.19. The number of unbranched alkanes of at least 4 members (excludes halogenated alkanes) is 32. The van der Waals surface area contributed by atoms with Crippen molar-refractivity contribution >= 4 is 17.9 Å². The van der Waals surface area contributed by atoms with Crippen molar-refractivity contribution in [3.8, 4) is 0 Å². The van der Waals surface area contributed by atoms with Gasteiger partial charge >= 0.3 is 17.9 Å². The fourth-order valence-corrected chi connectivity index (χ4v) is 8.01. The van der Waals surface area contributed by atoms with E-state index in [4.69, 9.17) is 14.2 Å². The Hall–Kier alpha value is -2.63. The van der Waals surface area contributed by atoms with Crippen LogP contribution in [0.5, 0.6) is 0 Å². The number of carbonyl (C=O) groups excluding carboxylic acids is 3. The lowest BCUT2D eigenvalue weighted by Crippen LogP contribution is -2.30. The molecule has 0 saturated heterocycles. The van der Waals surface area contributed by atoms with Crippen LogP contribution >= 0.6 is 0 Å². The third-order valence-electron chi connectivity index (χ3n) is 12.3. The molecule has 378 valence electrons. The van der Waals surface area contributed by atoms with Crippen LogP contribution in [0.3, 0.4) is 0 Å². The molecule has 0 amide bonds. The van der Waals surface area contributed by atoms with Gasteiger partial charge < -0.3 is 14.2 Å². The monoisotopic (exact) mass is 911 g/mol. The summed E-state index contributed by atoms with van der Waals surface area (Å²) in [5, 5.41) is 0. The first-order valence-electron chi connectivity index (χ1n) is 28.1. The highest BCUT2D eigenvalue weighted by Crippen LogP contribution is 2.15. The van der Waals surface area contributed by atoms with Gasteiger partial charge in [0, 0.05) is 19.3 Å². The molecule has 0 spiro atoms. The van der Waals surface area contributed by atoms with Gasteiger partial charge in [-0.25, -0.2) is 0 Å². The smallest absolute Gasteiger partial charge is 0.306 e. The third kappa shape index (κ3) is 52.2. The summed E-state index contributed by atoms with van der Waals surface area (Å²) >= 11 is 0. The molecule has 0 aliphatic heterocycles. The molecule has 0 aromatic rings. The van der Waals surface area contributed by atoms with Crippen LogP contribution < -0.4 is 0 Å². The van der Waals surface area contributed by atoms with E-state index in [1.54, 1.807) is 0 Å². The van der Waals surface area contributed by atoms with Gasteiger partial charge in [0.1, 0.15) is 13.2 Å². The van der Waals surface area contributed by atoms with Gasteiger partial charge in [0.25, 0.3) is 0 Å². The molecule has 0 saturated carbocycles. The molecular formula is C59H106O6. The Kier molecular flexibility index (Phi) is 51.8. The number of allylic oxidation sites excluding steroid dienone is 8. The molecule has 0 aliphatic carbocycles. The molecule has 1 unspecified atom stereocenters. The van der Waals surface area contributed by atoms with Gasteiger partial charge in [-0.1, -0.05) is 230 Å². The van der Waals surface area contributed by atoms with Crippen molar-refractivity contribution in [3.63, 3.8) is 0 Å². The van der Waals surface area contributed by atoms with Gasteiger partial charge in [0.2, 0.25) is 0 Å². The molecule has 65 heavy (non-hydrogen) atoms. The minimum Gasteiger partial charge on any atom is -0.462 e. The Labute approximate surface area is 403 Å². The first-order valence-corrected chi connectivity index (χ1v) is 28.1. The highest BCUT2D eigenvalue weighted by atomic mass is 16.6.